The second kappa shape index (κ2) is 6.99. The fourth-order valence-electron chi connectivity index (χ4n) is 2.48. The number of benzene rings is 2. The van der Waals surface area contributed by atoms with Crippen molar-refractivity contribution in [3.63, 3.8) is 0 Å². The van der Waals surface area contributed by atoms with Crippen molar-refractivity contribution in [2.45, 2.75) is 13.3 Å². The lowest BCUT2D eigenvalue weighted by Gasteiger charge is -2.15. The number of ether oxygens (including phenoxy) is 2. The van der Waals surface area contributed by atoms with E-state index in [1.165, 1.54) is 7.11 Å². The number of hydrogen-bond acceptors (Lipinski definition) is 4. The minimum atomic E-state index is -0.613. The summed E-state index contributed by atoms with van der Waals surface area (Å²) in [6.45, 7) is 2.01. The van der Waals surface area contributed by atoms with Gasteiger partial charge in [0, 0.05) is 0 Å². The van der Waals surface area contributed by atoms with Crippen molar-refractivity contribution in [3.8, 4) is 11.5 Å². The van der Waals surface area contributed by atoms with Crippen LogP contribution >= 0.6 is 11.6 Å². The van der Waals surface area contributed by atoms with Crippen LogP contribution in [-0.4, -0.2) is 18.9 Å². The Morgan fingerprint density at radius 1 is 1.00 bits per heavy atom. The standard InChI is InChI=1S/C19H16ClNO4/c1-3-12-5-4-6-15(11-12)25-17-16(20)18(22)21(19(17)23)13-7-9-14(24-2)10-8-13/h4-11H,3H2,1-2H3. The van der Waals surface area contributed by atoms with Gasteiger partial charge in [-0.25, -0.2) is 4.90 Å². The zero-order chi connectivity index (χ0) is 18.0. The van der Waals surface area contributed by atoms with Crippen LogP contribution in [0.15, 0.2) is 59.3 Å². The van der Waals surface area contributed by atoms with Gasteiger partial charge >= 0.3 is 5.91 Å². The van der Waals surface area contributed by atoms with Crippen molar-refractivity contribution in [3.05, 3.63) is 64.9 Å². The van der Waals surface area contributed by atoms with Gasteiger partial charge in [0.15, 0.2) is 5.03 Å². The molecule has 1 aliphatic heterocycles. The Bertz CT molecular complexity index is 858. The number of rotatable bonds is 5. The molecule has 0 fully saturated rings. The third-order valence-corrected chi connectivity index (χ3v) is 4.18. The maximum Gasteiger partial charge on any atom is 0.302 e. The van der Waals surface area contributed by atoms with Gasteiger partial charge in [-0.3, -0.25) is 9.59 Å². The normalized spacial score (nSPS) is 14.3. The van der Waals surface area contributed by atoms with Crippen LogP contribution in [0.3, 0.4) is 0 Å². The van der Waals surface area contributed by atoms with Gasteiger partial charge in [-0.15, -0.1) is 0 Å². The fourth-order valence-corrected chi connectivity index (χ4v) is 2.69. The average molecular weight is 358 g/mol. The predicted octanol–water partition coefficient (Wildman–Crippen LogP) is 3.66. The van der Waals surface area contributed by atoms with Crippen molar-refractivity contribution in [2.75, 3.05) is 12.0 Å². The first kappa shape index (κ1) is 17.0. The van der Waals surface area contributed by atoms with Gasteiger partial charge in [-0.1, -0.05) is 30.7 Å². The van der Waals surface area contributed by atoms with E-state index in [9.17, 15) is 9.59 Å². The van der Waals surface area contributed by atoms with Crippen molar-refractivity contribution < 1.29 is 19.1 Å². The maximum absolute atomic E-state index is 12.6. The minimum Gasteiger partial charge on any atom is -0.497 e. The van der Waals surface area contributed by atoms with E-state index in [0.717, 1.165) is 16.9 Å². The van der Waals surface area contributed by atoms with Crippen LogP contribution < -0.4 is 14.4 Å². The number of carbonyl (C=O) groups excluding carboxylic acids is 2. The molecule has 0 N–H and O–H groups in total. The summed E-state index contributed by atoms with van der Waals surface area (Å²) in [5.41, 5.74) is 1.45. The molecule has 25 heavy (non-hydrogen) atoms. The smallest absolute Gasteiger partial charge is 0.302 e. The van der Waals surface area contributed by atoms with Crippen molar-refractivity contribution in [1.29, 1.82) is 0 Å². The molecule has 6 heteroatoms. The van der Waals surface area contributed by atoms with Gasteiger partial charge in [0.1, 0.15) is 11.5 Å². The summed E-state index contributed by atoms with van der Waals surface area (Å²) in [6.07, 6.45) is 0.828. The molecule has 0 saturated heterocycles. The van der Waals surface area contributed by atoms with E-state index in [0.29, 0.717) is 17.2 Å². The number of anilines is 1. The number of amides is 2. The van der Waals surface area contributed by atoms with Crippen LogP contribution in [0, 0.1) is 0 Å². The number of carbonyl (C=O) groups is 2. The first-order valence-electron chi connectivity index (χ1n) is 7.74. The van der Waals surface area contributed by atoms with Crippen LogP contribution in [0.4, 0.5) is 5.69 Å². The van der Waals surface area contributed by atoms with Gasteiger partial charge in [-0.05, 0) is 48.4 Å². The van der Waals surface area contributed by atoms with E-state index in [-0.39, 0.29) is 10.8 Å². The van der Waals surface area contributed by atoms with Crippen LogP contribution in [0.2, 0.25) is 0 Å². The van der Waals surface area contributed by atoms with Crippen LogP contribution in [0.25, 0.3) is 0 Å². The molecule has 0 radical (unpaired) electrons. The second-order valence-electron chi connectivity index (χ2n) is 5.39. The molecule has 1 heterocycles. The molecule has 0 spiro atoms. The summed E-state index contributed by atoms with van der Waals surface area (Å²) >= 11 is 6.07. The number of methoxy groups -OCH3 is 1. The number of halogens is 1. The number of nitrogens with zero attached hydrogens (tertiary/aromatic N) is 1. The molecule has 0 unspecified atom stereocenters. The molecule has 2 aromatic rings. The zero-order valence-corrected chi connectivity index (χ0v) is 14.5. The topological polar surface area (TPSA) is 55.8 Å². The van der Waals surface area contributed by atoms with Gasteiger partial charge in [0.05, 0.1) is 12.8 Å². The highest BCUT2D eigenvalue weighted by molar-refractivity contribution is 6.52. The van der Waals surface area contributed by atoms with Crippen molar-refractivity contribution >= 4 is 29.1 Å². The first-order valence-corrected chi connectivity index (χ1v) is 8.12. The van der Waals surface area contributed by atoms with Gasteiger partial charge in [0.25, 0.3) is 5.91 Å². The number of imide groups is 1. The van der Waals surface area contributed by atoms with Crippen molar-refractivity contribution in [2.24, 2.45) is 0 Å². The Labute approximate surface area is 150 Å². The van der Waals surface area contributed by atoms with Crippen molar-refractivity contribution in [1.82, 2.24) is 0 Å². The molecule has 0 atom stereocenters. The molecule has 0 saturated carbocycles. The monoisotopic (exact) mass is 357 g/mol. The van der Waals surface area contributed by atoms with E-state index in [4.69, 9.17) is 21.1 Å². The number of hydrogen-bond donors (Lipinski definition) is 0. The average Bonchev–Trinajstić information content (AvgIpc) is 2.85. The molecule has 2 amide bonds. The molecular weight excluding hydrogens is 342 g/mol. The molecule has 2 aromatic carbocycles. The fraction of sp³-hybridized carbons (Fsp3) is 0.158. The highest BCUT2D eigenvalue weighted by Crippen LogP contribution is 2.31. The third-order valence-electron chi connectivity index (χ3n) is 3.84. The highest BCUT2D eigenvalue weighted by atomic mass is 35.5. The van der Waals surface area contributed by atoms with E-state index < -0.39 is 11.8 Å². The molecule has 0 aliphatic carbocycles. The Hall–Kier alpha value is -2.79. The maximum atomic E-state index is 12.6. The Morgan fingerprint density at radius 2 is 1.72 bits per heavy atom. The quantitative estimate of drug-likeness (QED) is 0.766. The summed E-state index contributed by atoms with van der Waals surface area (Å²) < 4.78 is 10.7. The molecule has 0 aromatic heterocycles. The third kappa shape index (κ3) is 3.23. The Kier molecular flexibility index (Phi) is 4.76. The zero-order valence-electron chi connectivity index (χ0n) is 13.8. The van der Waals surface area contributed by atoms with Crippen LogP contribution in [0.1, 0.15) is 12.5 Å². The van der Waals surface area contributed by atoms with Gasteiger partial charge in [-0.2, -0.15) is 0 Å². The number of aryl methyl sites for hydroxylation is 1. The lowest BCUT2D eigenvalue weighted by atomic mass is 10.2. The summed E-state index contributed by atoms with van der Waals surface area (Å²) in [4.78, 5) is 26.0. The lowest BCUT2D eigenvalue weighted by Crippen LogP contribution is -2.31. The molecule has 1 aliphatic rings. The van der Waals surface area contributed by atoms with E-state index in [1.54, 1.807) is 30.3 Å². The van der Waals surface area contributed by atoms with Crippen LogP contribution in [0.5, 0.6) is 11.5 Å². The summed E-state index contributed by atoms with van der Waals surface area (Å²) in [5, 5.41) is -0.234. The Morgan fingerprint density at radius 3 is 2.36 bits per heavy atom. The Balaban J connectivity index is 1.88. The summed E-state index contributed by atoms with van der Waals surface area (Å²) in [5.74, 6) is -0.295. The molecule has 0 bridgehead atoms. The van der Waals surface area contributed by atoms with E-state index in [1.807, 2.05) is 25.1 Å². The highest BCUT2D eigenvalue weighted by Gasteiger charge is 2.40. The van der Waals surface area contributed by atoms with Gasteiger partial charge in [0.2, 0.25) is 5.76 Å². The van der Waals surface area contributed by atoms with E-state index >= 15 is 0 Å². The summed E-state index contributed by atoms with van der Waals surface area (Å²) in [6, 6.07) is 13.8. The van der Waals surface area contributed by atoms with E-state index in [2.05, 4.69) is 0 Å². The summed E-state index contributed by atoms with van der Waals surface area (Å²) in [7, 11) is 1.54. The second-order valence-corrected chi connectivity index (χ2v) is 5.77. The largest absolute Gasteiger partial charge is 0.497 e. The van der Waals surface area contributed by atoms with Crippen LogP contribution in [-0.2, 0) is 16.0 Å². The van der Waals surface area contributed by atoms with Gasteiger partial charge < -0.3 is 9.47 Å². The first-order chi connectivity index (χ1) is 12.0. The predicted molar refractivity (Wildman–Crippen MR) is 94.8 cm³/mol. The molecule has 5 nitrogen and oxygen atoms in total. The molecular formula is C19H16ClNO4. The minimum absolute atomic E-state index is 0.171. The molecule has 3 rings (SSSR count). The SMILES string of the molecule is CCc1cccc(OC2=C(Cl)C(=O)N(c3ccc(OC)cc3)C2=O)c1. The lowest BCUT2D eigenvalue weighted by molar-refractivity contribution is -0.121. The molecule has 128 valence electrons.